The lowest BCUT2D eigenvalue weighted by atomic mass is 10.2. The van der Waals surface area contributed by atoms with Crippen molar-refractivity contribution in [2.75, 3.05) is 6.61 Å². The molecule has 0 bridgehead atoms. The van der Waals surface area contributed by atoms with E-state index in [0.29, 0.717) is 6.61 Å². The van der Waals surface area contributed by atoms with Crippen LogP contribution in [0.25, 0.3) is 0 Å². The molecule has 0 spiro atoms. The van der Waals surface area contributed by atoms with E-state index in [4.69, 9.17) is 4.84 Å². The molecule has 0 fully saturated rings. The summed E-state index contributed by atoms with van der Waals surface area (Å²) in [5, 5.41) is 3.88. The maximum Gasteiger partial charge on any atom is 0.114 e. The molecule has 0 amide bonds. The molecule has 54 valence electrons. The summed E-state index contributed by atoms with van der Waals surface area (Å²) in [7, 11) is 0. The molecule has 2 nitrogen and oxygen atoms in total. The lowest BCUT2D eigenvalue weighted by Gasteiger charge is -1.99. The van der Waals surface area contributed by atoms with E-state index in [9.17, 15) is 0 Å². The van der Waals surface area contributed by atoms with Crippen molar-refractivity contribution in [3.05, 3.63) is 24.3 Å². The Morgan fingerprint density at radius 1 is 1.60 bits per heavy atom. The summed E-state index contributed by atoms with van der Waals surface area (Å²) in [5.74, 6) is 0. The first-order valence-electron chi connectivity index (χ1n) is 3.45. The summed E-state index contributed by atoms with van der Waals surface area (Å²) in [6.45, 7) is 2.56. The van der Waals surface area contributed by atoms with Gasteiger partial charge in [0.25, 0.3) is 0 Å². The molecule has 0 atom stereocenters. The van der Waals surface area contributed by atoms with Gasteiger partial charge in [-0.25, -0.2) is 0 Å². The van der Waals surface area contributed by atoms with Crippen LogP contribution >= 0.6 is 0 Å². The summed E-state index contributed by atoms with van der Waals surface area (Å²) < 4.78 is 0. The van der Waals surface area contributed by atoms with Gasteiger partial charge in [-0.2, -0.15) is 0 Å². The van der Waals surface area contributed by atoms with Crippen LogP contribution in [-0.4, -0.2) is 12.3 Å². The van der Waals surface area contributed by atoms with Crippen molar-refractivity contribution in [3.8, 4) is 0 Å². The normalized spacial score (nSPS) is 19.9. The molecule has 1 rings (SSSR count). The Hall–Kier alpha value is -1.05. The van der Waals surface area contributed by atoms with Crippen LogP contribution in [0.4, 0.5) is 0 Å². The largest absolute Gasteiger partial charge is 0.396 e. The van der Waals surface area contributed by atoms with Gasteiger partial charge in [-0.15, -0.1) is 0 Å². The van der Waals surface area contributed by atoms with Crippen LogP contribution in [-0.2, 0) is 4.84 Å². The predicted octanol–water partition coefficient (Wildman–Crippen LogP) is 1.90. The highest BCUT2D eigenvalue weighted by atomic mass is 16.6. The van der Waals surface area contributed by atoms with Crippen molar-refractivity contribution in [1.29, 1.82) is 0 Å². The second kappa shape index (κ2) is 3.88. The maximum absolute atomic E-state index is 4.88. The first-order chi connectivity index (χ1) is 4.93. The summed E-state index contributed by atoms with van der Waals surface area (Å²) in [6, 6.07) is 0. The molecule has 0 saturated carbocycles. The molecule has 0 radical (unpaired) electrons. The molecule has 0 saturated heterocycles. The van der Waals surface area contributed by atoms with Crippen LogP contribution in [0.1, 0.15) is 13.3 Å². The molecule has 10 heavy (non-hydrogen) atoms. The maximum atomic E-state index is 4.88. The lowest BCUT2D eigenvalue weighted by Crippen LogP contribution is -1.95. The fraction of sp³-hybridized carbons (Fsp3) is 0.375. The molecular weight excluding hydrogens is 126 g/mol. The first kappa shape index (κ1) is 7.06. The smallest absolute Gasteiger partial charge is 0.114 e. The predicted molar refractivity (Wildman–Crippen MR) is 42.0 cm³/mol. The van der Waals surface area contributed by atoms with E-state index in [0.717, 1.165) is 12.1 Å². The number of nitrogens with zero attached hydrogens (tertiary/aromatic N) is 1. The minimum Gasteiger partial charge on any atom is -0.396 e. The number of allylic oxidation sites excluding steroid dienone is 4. The Labute approximate surface area is 60.9 Å². The average Bonchev–Trinajstić information content (AvgIpc) is 2.03. The van der Waals surface area contributed by atoms with Gasteiger partial charge in [0.2, 0.25) is 0 Å². The molecule has 0 aromatic rings. The second-order valence-corrected chi connectivity index (χ2v) is 1.99. The Balaban J connectivity index is 2.42. The van der Waals surface area contributed by atoms with Gasteiger partial charge in [-0.05, 0) is 13.0 Å². The third kappa shape index (κ3) is 2.05. The van der Waals surface area contributed by atoms with Gasteiger partial charge in [-0.3, -0.25) is 0 Å². The van der Waals surface area contributed by atoms with Crippen LogP contribution in [0.3, 0.4) is 0 Å². The Morgan fingerprint density at radius 2 is 2.50 bits per heavy atom. The van der Waals surface area contributed by atoms with Crippen molar-refractivity contribution >= 4 is 5.71 Å². The Kier molecular flexibility index (Phi) is 2.74. The number of hydrogen-bond acceptors (Lipinski definition) is 2. The average molecular weight is 137 g/mol. The fourth-order valence-electron chi connectivity index (χ4n) is 0.717. The SMILES string of the molecule is CCON=C1C=CC=CC1. The van der Waals surface area contributed by atoms with Crippen molar-refractivity contribution < 1.29 is 4.84 Å². The molecule has 0 unspecified atom stereocenters. The third-order valence-electron chi connectivity index (χ3n) is 1.17. The van der Waals surface area contributed by atoms with E-state index in [2.05, 4.69) is 11.2 Å². The highest BCUT2D eigenvalue weighted by Crippen LogP contribution is 1.99. The lowest BCUT2D eigenvalue weighted by molar-refractivity contribution is 0.158. The molecule has 0 aliphatic heterocycles. The number of oxime groups is 1. The highest BCUT2D eigenvalue weighted by Gasteiger charge is 1.93. The molecule has 1 aliphatic carbocycles. The zero-order valence-electron chi connectivity index (χ0n) is 6.08. The third-order valence-corrected chi connectivity index (χ3v) is 1.17. The van der Waals surface area contributed by atoms with Crippen molar-refractivity contribution in [3.63, 3.8) is 0 Å². The van der Waals surface area contributed by atoms with Gasteiger partial charge >= 0.3 is 0 Å². The van der Waals surface area contributed by atoms with Gasteiger partial charge in [-0.1, -0.05) is 23.4 Å². The van der Waals surface area contributed by atoms with E-state index < -0.39 is 0 Å². The molecule has 1 aliphatic rings. The summed E-state index contributed by atoms with van der Waals surface area (Å²) in [4.78, 5) is 4.88. The van der Waals surface area contributed by atoms with Crippen LogP contribution in [0.5, 0.6) is 0 Å². The molecule has 2 heteroatoms. The molecule has 0 heterocycles. The van der Waals surface area contributed by atoms with Gasteiger partial charge in [0.05, 0.1) is 5.71 Å². The quantitative estimate of drug-likeness (QED) is 0.532. The highest BCUT2D eigenvalue weighted by molar-refractivity contribution is 5.96. The van der Waals surface area contributed by atoms with Gasteiger partial charge < -0.3 is 4.84 Å². The molecule has 0 N–H and O–H groups in total. The van der Waals surface area contributed by atoms with Crippen LogP contribution in [0.2, 0.25) is 0 Å². The van der Waals surface area contributed by atoms with Crippen molar-refractivity contribution in [2.24, 2.45) is 5.16 Å². The van der Waals surface area contributed by atoms with Gasteiger partial charge in [0.1, 0.15) is 6.61 Å². The van der Waals surface area contributed by atoms with E-state index in [1.54, 1.807) is 0 Å². The molecule has 0 aromatic carbocycles. The van der Waals surface area contributed by atoms with E-state index in [-0.39, 0.29) is 0 Å². The molecule has 0 aromatic heterocycles. The van der Waals surface area contributed by atoms with Gasteiger partial charge in [0, 0.05) is 6.42 Å². The number of hydrogen-bond donors (Lipinski definition) is 0. The summed E-state index contributed by atoms with van der Waals surface area (Å²) >= 11 is 0. The minimum atomic E-state index is 0.640. The van der Waals surface area contributed by atoms with E-state index in [1.165, 1.54) is 0 Å². The molecular formula is C8H11NO. The Morgan fingerprint density at radius 3 is 3.10 bits per heavy atom. The number of rotatable bonds is 2. The van der Waals surface area contributed by atoms with Crippen molar-refractivity contribution in [1.82, 2.24) is 0 Å². The van der Waals surface area contributed by atoms with Crippen molar-refractivity contribution in [2.45, 2.75) is 13.3 Å². The zero-order valence-corrected chi connectivity index (χ0v) is 6.08. The van der Waals surface area contributed by atoms with Crippen LogP contribution < -0.4 is 0 Å². The monoisotopic (exact) mass is 137 g/mol. The van der Waals surface area contributed by atoms with E-state index >= 15 is 0 Å². The topological polar surface area (TPSA) is 21.6 Å². The zero-order chi connectivity index (χ0) is 7.23. The van der Waals surface area contributed by atoms with Crippen LogP contribution in [0.15, 0.2) is 29.5 Å². The standard InChI is InChI=1S/C8H11NO/c1-2-10-9-8-6-4-3-5-7-8/h3-6H,2,7H2,1H3. The van der Waals surface area contributed by atoms with Gasteiger partial charge in [0.15, 0.2) is 0 Å². The minimum absolute atomic E-state index is 0.640. The van der Waals surface area contributed by atoms with Crippen LogP contribution in [0, 0.1) is 0 Å². The summed E-state index contributed by atoms with van der Waals surface area (Å²) in [6.07, 6.45) is 8.86. The first-order valence-corrected chi connectivity index (χ1v) is 3.45. The summed E-state index contributed by atoms with van der Waals surface area (Å²) in [5.41, 5.74) is 0.990. The van der Waals surface area contributed by atoms with E-state index in [1.807, 2.05) is 25.2 Å². The fourth-order valence-corrected chi connectivity index (χ4v) is 0.717. The Bertz CT molecular complexity index is 180. The second-order valence-electron chi connectivity index (χ2n) is 1.99.